The van der Waals surface area contributed by atoms with E-state index in [1.807, 2.05) is 6.07 Å². The summed E-state index contributed by atoms with van der Waals surface area (Å²) in [6.45, 7) is 3.41. The lowest BCUT2D eigenvalue weighted by Crippen LogP contribution is -2.45. The quantitative estimate of drug-likeness (QED) is 0.291. The number of carbonyl (C=O) groups is 2. The van der Waals surface area contributed by atoms with E-state index in [2.05, 4.69) is 64.0 Å². The van der Waals surface area contributed by atoms with Crippen LogP contribution in [0, 0.1) is 23.7 Å². The van der Waals surface area contributed by atoms with Crippen LogP contribution < -0.4 is 10.6 Å². The number of allylic oxidation sites excluding steroid dienone is 2. The van der Waals surface area contributed by atoms with Gasteiger partial charge in [0, 0.05) is 39.8 Å². The Morgan fingerprint density at radius 1 is 1.07 bits per heavy atom. The number of guanidine groups is 1. The fourth-order valence-electron chi connectivity index (χ4n) is 5.03. The molecule has 4 unspecified atom stereocenters. The van der Waals surface area contributed by atoms with Crippen LogP contribution in [0.25, 0.3) is 0 Å². The highest BCUT2D eigenvalue weighted by Crippen LogP contribution is 2.52. The van der Waals surface area contributed by atoms with Crippen LogP contribution in [0.15, 0.2) is 47.5 Å². The SMILES string of the molecule is CN=C(NCCN(C)Cc1ccccc1)NCCN1C(=O)C2C3C=CC(C3)C2C1=O. The van der Waals surface area contributed by atoms with Crippen LogP contribution in [-0.2, 0) is 16.1 Å². The molecule has 1 aromatic carbocycles. The van der Waals surface area contributed by atoms with E-state index >= 15 is 0 Å². The van der Waals surface area contributed by atoms with Crippen molar-refractivity contribution in [3.05, 3.63) is 48.0 Å². The number of rotatable bonds is 8. The van der Waals surface area contributed by atoms with E-state index in [4.69, 9.17) is 0 Å². The first-order valence-electron chi connectivity index (χ1n) is 10.8. The number of likely N-dealkylation sites (tertiary alicyclic amines) is 1. The molecular formula is C23H31N5O2. The maximum absolute atomic E-state index is 12.7. The summed E-state index contributed by atoms with van der Waals surface area (Å²) < 4.78 is 0. The van der Waals surface area contributed by atoms with Gasteiger partial charge in [0.15, 0.2) is 5.96 Å². The number of hydrogen-bond acceptors (Lipinski definition) is 4. The second-order valence-electron chi connectivity index (χ2n) is 8.48. The highest BCUT2D eigenvalue weighted by molar-refractivity contribution is 6.06. The van der Waals surface area contributed by atoms with Gasteiger partial charge >= 0.3 is 0 Å². The third kappa shape index (κ3) is 4.12. The van der Waals surface area contributed by atoms with E-state index < -0.39 is 0 Å². The molecule has 1 saturated heterocycles. The monoisotopic (exact) mass is 409 g/mol. The topological polar surface area (TPSA) is 77.0 Å². The molecule has 2 amide bonds. The molecule has 1 saturated carbocycles. The minimum absolute atomic E-state index is 0.00846. The summed E-state index contributed by atoms with van der Waals surface area (Å²) >= 11 is 0. The Kier molecular flexibility index (Phi) is 6.18. The molecule has 4 rings (SSSR count). The molecule has 2 aliphatic carbocycles. The zero-order valence-electron chi connectivity index (χ0n) is 17.8. The number of fused-ring (bicyclic) bond motifs is 5. The standard InChI is InChI=1S/C23H31N5O2/c1-24-23(25-10-12-27(2)15-16-6-4-3-5-7-16)26-11-13-28-21(29)19-17-8-9-18(14-17)20(19)22(28)30/h3-9,17-20H,10-15H2,1-2H3,(H2,24,25,26). The molecule has 0 radical (unpaired) electrons. The van der Waals surface area contributed by atoms with Crippen molar-refractivity contribution < 1.29 is 9.59 Å². The smallest absolute Gasteiger partial charge is 0.233 e. The molecule has 1 aliphatic heterocycles. The van der Waals surface area contributed by atoms with Crippen LogP contribution in [0.3, 0.4) is 0 Å². The van der Waals surface area contributed by atoms with Crippen LogP contribution >= 0.6 is 0 Å². The number of benzene rings is 1. The Balaban J connectivity index is 1.17. The molecule has 30 heavy (non-hydrogen) atoms. The van der Waals surface area contributed by atoms with Gasteiger partial charge in [0.05, 0.1) is 11.8 Å². The summed E-state index contributed by atoms with van der Waals surface area (Å²) in [5.74, 6) is 0.982. The number of aliphatic imine (C=N–C) groups is 1. The van der Waals surface area contributed by atoms with Crippen molar-refractivity contribution in [2.75, 3.05) is 40.3 Å². The largest absolute Gasteiger partial charge is 0.355 e. The Morgan fingerprint density at radius 2 is 1.70 bits per heavy atom. The van der Waals surface area contributed by atoms with Gasteiger partial charge in [-0.3, -0.25) is 19.5 Å². The van der Waals surface area contributed by atoms with E-state index in [0.717, 1.165) is 26.1 Å². The van der Waals surface area contributed by atoms with Crippen LogP contribution in [0.1, 0.15) is 12.0 Å². The molecule has 7 heteroatoms. The molecule has 2 N–H and O–H groups in total. The number of amides is 2. The lowest BCUT2D eigenvalue weighted by atomic mass is 9.85. The van der Waals surface area contributed by atoms with Crippen molar-refractivity contribution in [2.45, 2.75) is 13.0 Å². The number of hydrogen-bond donors (Lipinski definition) is 2. The summed E-state index contributed by atoms with van der Waals surface area (Å²) in [5, 5.41) is 6.52. The second-order valence-corrected chi connectivity index (χ2v) is 8.48. The number of nitrogens with one attached hydrogen (secondary N) is 2. The predicted octanol–water partition coefficient (Wildman–Crippen LogP) is 1.09. The van der Waals surface area contributed by atoms with Gasteiger partial charge in [-0.1, -0.05) is 42.5 Å². The van der Waals surface area contributed by atoms with Gasteiger partial charge in [0.1, 0.15) is 0 Å². The highest BCUT2D eigenvalue weighted by Gasteiger charge is 2.58. The lowest BCUT2D eigenvalue weighted by molar-refractivity contribution is -0.140. The van der Waals surface area contributed by atoms with Gasteiger partial charge in [-0.2, -0.15) is 0 Å². The van der Waals surface area contributed by atoms with E-state index in [0.29, 0.717) is 19.0 Å². The molecule has 1 heterocycles. The van der Waals surface area contributed by atoms with E-state index in [-0.39, 0.29) is 35.5 Å². The summed E-state index contributed by atoms with van der Waals surface area (Å²) in [4.78, 5) is 33.4. The zero-order chi connectivity index (χ0) is 21.1. The van der Waals surface area contributed by atoms with Crippen molar-refractivity contribution in [1.29, 1.82) is 0 Å². The first-order valence-corrected chi connectivity index (χ1v) is 10.8. The lowest BCUT2D eigenvalue weighted by Gasteiger charge is -2.20. The molecule has 1 aromatic rings. The average Bonchev–Trinajstić information content (AvgIpc) is 3.43. The van der Waals surface area contributed by atoms with E-state index in [1.54, 1.807) is 7.05 Å². The van der Waals surface area contributed by atoms with Crippen LogP contribution in [-0.4, -0.2) is 67.8 Å². The Morgan fingerprint density at radius 3 is 2.33 bits per heavy atom. The third-order valence-electron chi connectivity index (χ3n) is 6.49. The molecule has 2 bridgehead atoms. The summed E-state index contributed by atoms with van der Waals surface area (Å²) in [5.41, 5.74) is 1.29. The molecule has 7 nitrogen and oxygen atoms in total. The minimum Gasteiger partial charge on any atom is -0.355 e. The fraction of sp³-hybridized carbons (Fsp3) is 0.522. The average molecular weight is 410 g/mol. The van der Waals surface area contributed by atoms with Gasteiger partial charge in [-0.25, -0.2) is 0 Å². The summed E-state index contributed by atoms with van der Waals surface area (Å²) in [6, 6.07) is 10.4. The number of likely N-dealkylation sites (N-methyl/N-ethyl adjacent to an activating group) is 1. The first-order chi connectivity index (χ1) is 14.6. The minimum atomic E-state index is -0.120. The highest BCUT2D eigenvalue weighted by atomic mass is 16.2. The van der Waals surface area contributed by atoms with Gasteiger partial charge in [-0.15, -0.1) is 0 Å². The summed E-state index contributed by atoms with van der Waals surface area (Å²) in [7, 11) is 3.82. The van der Waals surface area contributed by atoms with Crippen LogP contribution in [0.4, 0.5) is 0 Å². The van der Waals surface area contributed by atoms with E-state index in [1.165, 1.54) is 10.5 Å². The van der Waals surface area contributed by atoms with Gasteiger partial charge in [-0.05, 0) is 30.9 Å². The molecule has 3 aliphatic rings. The van der Waals surface area contributed by atoms with Crippen molar-refractivity contribution in [3.63, 3.8) is 0 Å². The van der Waals surface area contributed by atoms with E-state index in [9.17, 15) is 9.59 Å². The van der Waals surface area contributed by atoms with Crippen molar-refractivity contribution in [3.8, 4) is 0 Å². The normalized spacial score (nSPS) is 27.3. The molecule has 2 fully saturated rings. The zero-order valence-corrected chi connectivity index (χ0v) is 17.8. The molecule has 0 aromatic heterocycles. The summed E-state index contributed by atoms with van der Waals surface area (Å²) in [6.07, 6.45) is 5.22. The van der Waals surface area contributed by atoms with Crippen molar-refractivity contribution >= 4 is 17.8 Å². The van der Waals surface area contributed by atoms with Crippen molar-refractivity contribution in [1.82, 2.24) is 20.4 Å². The Labute approximate surface area is 178 Å². The fourth-order valence-corrected chi connectivity index (χ4v) is 5.03. The second kappa shape index (κ2) is 9.00. The van der Waals surface area contributed by atoms with Gasteiger partial charge in [0.25, 0.3) is 0 Å². The molecule has 160 valence electrons. The number of carbonyl (C=O) groups excluding carboxylic acids is 2. The first kappa shape index (κ1) is 20.6. The van der Waals surface area contributed by atoms with Crippen molar-refractivity contribution in [2.24, 2.45) is 28.7 Å². The van der Waals surface area contributed by atoms with Crippen LogP contribution in [0.2, 0.25) is 0 Å². The van der Waals surface area contributed by atoms with Gasteiger partial charge in [0.2, 0.25) is 11.8 Å². The predicted molar refractivity (Wildman–Crippen MR) is 117 cm³/mol. The maximum Gasteiger partial charge on any atom is 0.233 e. The molecular weight excluding hydrogens is 378 g/mol. The Bertz CT molecular complexity index is 807. The molecule has 4 atom stereocenters. The molecule has 0 spiro atoms. The Hall–Kier alpha value is -2.67. The maximum atomic E-state index is 12.7. The number of imide groups is 1. The number of nitrogens with zero attached hydrogens (tertiary/aromatic N) is 3. The van der Waals surface area contributed by atoms with Gasteiger partial charge < -0.3 is 15.5 Å². The third-order valence-corrected chi connectivity index (χ3v) is 6.49. The van der Waals surface area contributed by atoms with Crippen LogP contribution in [0.5, 0.6) is 0 Å².